The van der Waals surface area contributed by atoms with E-state index in [9.17, 15) is 14.4 Å². The number of amides is 4. The minimum Gasteiger partial charge on any atom is -0.352 e. The van der Waals surface area contributed by atoms with Gasteiger partial charge in [0.25, 0.3) is 5.91 Å². The number of para-hydroxylation sites is 1. The number of nitrogens with one attached hydrogen (secondary N) is 2. The highest BCUT2D eigenvalue weighted by atomic mass is 16.2. The summed E-state index contributed by atoms with van der Waals surface area (Å²) in [5, 5.41) is 14.9. The Morgan fingerprint density at radius 2 is 1.83 bits per heavy atom. The molecule has 2 saturated heterocycles. The number of piperidine rings is 1. The van der Waals surface area contributed by atoms with Crippen LogP contribution in [0.5, 0.6) is 0 Å². The summed E-state index contributed by atoms with van der Waals surface area (Å²) in [7, 11) is 0. The molecule has 9 heteroatoms. The molecule has 2 aromatic carbocycles. The second kappa shape index (κ2) is 10.7. The molecular weight excluding hydrogens is 456 g/mol. The lowest BCUT2D eigenvalue weighted by atomic mass is 9.85. The molecule has 2 fully saturated rings. The predicted octanol–water partition coefficient (Wildman–Crippen LogP) is 3.15. The fourth-order valence-corrected chi connectivity index (χ4v) is 4.87. The first kappa shape index (κ1) is 25.0. The molecule has 2 aliphatic rings. The second-order valence-corrected chi connectivity index (χ2v) is 9.43. The Labute approximate surface area is 211 Å². The van der Waals surface area contributed by atoms with Crippen LogP contribution < -0.4 is 15.5 Å². The van der Waals surface area contributed by atoms with E-state index in [1.165, 1.54) is 0 Å². The highest BCUT2D eigenvalue weighted by Gasteiger charge is 2.54. The number of urea groups is 1. The number of benzene rings is 2. The van der Waals surface area contributed by atoms with Gasteiger partial charge in [-0.25, -0.2) is 4.79 Å². The molecule has 188 valence electrons. The summed E-state index contributed by atoms with van der Waals surface area (Å²) >= 11 is 0. The highest BCUT2D eigenvalue weighted by Crippen LogP contribution is 2.39. The van der Waals surface area contributed by atoms with Crippen LogP contribution in [0.4, 0.5) is 16.2 Å². The van der Waals surface area contributed by atoms with E-state index >= 15 is 0 Å². The fourth-order valence-electron chi connectivity index (χ4n) is 4.87. The molecule has 36 heavy (non-hydrogen) atoms. The van der Waals surface area contributed by atoms with E-state index in [1.807, 2.05) is 44.2 Å². The lowest BCUT2D eigenvalue weighted by Crippen LogP contribution is -2.58. The Hall–Kier alpha value is -4.06. The Bertz CT molecular complexity index is 1150. The standard InChI is InChI=1S/C27H32N6O3/c1-3-20(2)29-24(34)18-32-19-33(23-10-5-4-6-11-23)27(25(32)35)12-14-31(15-13-27)26(36)30-22-9-7-8-21(16-22)17-28/h4-11,16,20H,3,12-15,18-19H2,1-2H3,(H,29,34)(H,30,36). The van der Waals surface area contributed by atoms with Gasteiger partial charge in [0.15, 0.2) is 0 Å². The third-order valence-electron chi connectivity index (χ3n) is 7.06. The van der Waals surface area contributed by atoms with Crippen molar-refractivity contribution in [3.05, 3.63) is 60.2 Å². The number of carbonyl (C=O) groups excluding carboxylic acids is 3. The number of carbonyl (C=O) groups is 3. The largest absolute Gasteiger partial charge is 0.352 e. The number of nitrogens with zero attached hydrogens (tertiary/aromatic N) is 4. The average Bonchev–Trinajstić information content (AvgIpc) is 3.15. The summed E-state index contributed by atoms with van der Waals surface area (Å²) in [4.78, 5) is 44.6. The first-order chi connectivity index (χ1) is 17.4. The van der Waals surface area contributed by atoms with Crippen molar-refractivity contribution >= 4 is 29.2 Å². The van der Waals surface area contributed by atoms with Crippen molar-refractivity contribution in [3.8, 4) is 6.07 Å². The van der Waals surface area contributed by atoms with Crippen molar-refractivity contribution < 1.29 is 14.4 Å². The summed E-state index contributed by atoms with van der Waals surface area (Å²) in [5.74, 6) is -0.244. The molecule has 2 aromatic rings. The zero-order valence-electron chi connectivity index (χ0n) is 20.7. The van der Waals surface area contributed by atoms with Gasteiger partial charge in [-0.05, 0) is 56.5 Å². The van der Waals surface area contributed by atoms with E-state index in [2.05, 4.69) is 21.6 Å². The first-order valence-corrected chi connectivity index (χ1v) is 12.3. The quantitative estimate of drug-likeness (QED) is 0.649. The lowest BCUT2D eigenvalue weighted by molar-refractivity contribution is -0.137. The van der Waals surface area contributed by atoms with Crippen molar-refractivity contribution in [1.29, 1.82) is 5.26 Å². The number of anilines is 2. The van der Waals surface area contributed by atoms with E-state index in [0.29, 0.717) is 43.9 Å². The van der Waals surface area contributed by atoms with Gasteiger partial charge in [-0.1, -0.05) is 31.2 Å². The lowest BCUT2D eigenvalue weighted by Gasteiger charge is -2.43. The molecule has 2 N–H and O–H groups in total. The van der Waals surface area contributed by atoms with Crippen molar-refractivity contribution in [2.45, 2.75) is 44.7 Å². The van der Waals surface area contributed by atoms with Gasteiger partial charge in [-0.15, -0.1) is 0 Å². The maximum atomic E-state index is 13.7. The van der Waals surface area contributed by atoms with E-state index in [4.69, 9.17) is 5.26 Å². The Kier molecular flexibility index (Phi) is 7.44. The fraction of sp³-hybridized carbons (Fsp3) is 0.407. The van der Waals surface area contributed by atoms with Gasteiger partial charge < -0.3 is 25.3 Å². The molecule has 1 unspecified atom stereocenters. The van der Waals surface area contributed by atoms with Gasteiger partial charge in [-0.2, -0.15) is 5.26 Å². The highest BCUT2D eigenvalue weighted by molar-refractivity contribution is 5.97. The topological polar surface area (TPSA) is 109 Å². The molecule has 0 radical (unpaired) electrons. The van der Waals surface area contributed by atoms with Crippen LogP contribution in [-0.4, -0.2) is 65.5 Å². The van der Waals surface area contributed by atoms with E-state index < -0.39 is 5.54 Å². The maximum Gasteiger partial charge on any atom is 0.321 e. The monoisotopic (exact) mass is 488 g/mol. The summed E-state index contributed by atoms with van der Waals surface area (Å²) in [6, 6.07) is 18.4. The number of likely N-dealkylation sites (tertiary alicyclic amines) is 1. The van der Waals surface area contributed by atoms with Crippen LogP contribution in [0.15, 0.2) is 54.6 Å². The minimum atomic E-state index is -0.810. The molecule has 0 bridgehead atoms. The molecule has 4 rings (SSSR count). The van der Waals surface area contributed by atoms with E-state index in [-0.39, 0.29) is 30.4 Å². The molecule has 9 nitrogen and oxygen atoms in total. The van der Waals surface area contributed by atoms with Crippen molar-refractivity contribution in [2.75, 3.05) is 36.5 Å². The van der Waals surface area contributed by atoms with E-state index in [0.717, 1.165) is 12.1 Å². The van der Waals surface area contributed by atoms with Crippen molar-refractivity contribution in [2.24, 2.45) is 0 Å². The average molecular weight is 489 g/mol. The Morgan fingerprint density at radius 1 is 1.11 bits per heavy atom. The molecular formula is C27H32N6O3. The van der Waals surface area contributed by atoms with Gasteiger partial charge in [-0.3, -0.25) is 9.59 Å². The van der Waals surface area contributed by atoms with Crippen LogP contribution in [0.3, 0.4) is 0 Å². The molecule has 4 amide bonds. The molecule has 2 heterocycles. The smallest absolute Gasteiger partial charge is 0.321 e. The van der Waals surface area contributed by atoms with Crippen LogP contribution in [0.1, 0.15) is 38.7 Å². The van der Waals surface area contributed by atoms with Gasteiger partial charge in [0.2, 0.25) is 5.91 Å². The van der Waals surface area contributed by atoms with Gasteiger partial charge in [0.1, 0.15) is 12.1 Å². The summed E-state index contributed by atoms with van der Waals surface area (Å²) in [6.45, 7) is 5.07. The second-order valence-electron chi connectivity index (χ2n) is 9.43. The summed E-state index contributed by atoms with van der Waals surface area (Å²) in [5.41, 5.74) is 1.13. The number of hydrogen-bond acceptors (Lipinski definition) is 5. The maximum absolute atomic E-state index is 13.7. The normalized spacial score (nSPS) is 17.6. The van der Waals surface area contributed by atoms with Crippen LogP contribution in [-0.2, 0) is 9.59 Å². The molecule has 0 aliphatic carbocycles. The summed E-state index contributed by atoms with van der Waals surface area (Å²) in [6.07, 6.45) is 1.73. The predicted molar refractivity (Wildman–Crippen MR) is 137 cm³/mol. The first-order valence-electron chi connectivity index (χ1n) is 12.3. The molecule has 0 saturated carbocycles. The molecule has 1 spiro atoms. The third-order valence-corrected chi connectivity index (χ3v) is 7.06. The van der Waals surface area contributed by atoms with Crippen LogP contribution in [0.2, 0.25) is 0 Å². The zero-order valence-corrected chi connectivity index (χ0v) is 20.7. The third kappa shape index (κ3) is 5.13. The molecule has 0 aromatic heterocycles. The Morgan fingerprint density at radius 3 is 2.50 bits per heavy atom. The van der Waals surface area contributed by atoms with Crippen LogP contribution in [0.25, 0.3) is 0 Å². The molecule has 2 aliphatic heterocycles. The SMILES string of the molecule is CCC(C)NC(=O)CN1CN(c2ccccc2)C2(CCN(C(=O)Nc3cccc(C#N)c3)CC2)C1=O. The number of hydrogen-bond donors (Lipinski definition) is 2. The number of nitriles is 1. The van der Waals surface area contributed by atoms with Crippen LogP contribution in [0, 0.1) is 11.3 Å². The Balaban J connectivity index is 1.49. The van der Waals surface area contributed by atoms with Gasteiger partial charge >= 0.3 is 6.03 Å². The van der Waals surface area contributed by atoms with E-state index in [1.54, 1.807) is 34.1 Å². The van der Waals surface area contributed by atoms with Crippen LogP contribution >= 0.6 is 0 Å². The van der Waals surface area contributed by atoms with Crippen molar-refractivity contribution in [1.82, 2.24) is 15.1 Å². The zero-order chi connectivity index (χ0) is 25.7. The summed E-state index contributed by atoms with van der Waals surface area (Å²) < 4.78 is 0. The van der Waals surface area contributed by atoms with Gasteiger partial charge in [0.05, 0.1) is 18.3 Å². The van der Waals surface area contributed by atoms with Gasteiger partial charge in [0, 0.05) is 30.5 Å². The minimum absolute atomic E-state index is 0.00763. The van der Waals surface area contributed by atoms with Crippen molar-refractivity contribution in [3.63, 3.8) is 0 Å². The number of rotatable bonds is 6. The molecule has 1 atom stereocenters.